The second kappa shape index (κ2) is 6.06. The fourth-order valence-corrected chi connectivity index (χ4v) is 1.08. The van der Waals surface area contributed by atoms with Crippen LogP contribution in [0.3, 0.4) is 0 Å². The molecule has 0 N–H and O–H groups in total. The number of nitrogens with zero attached hydrogens (tertiary/aromatic N) is 1. The van der Waals surface area contributed by atoms with Gasteiger partial charge in [-0.2, -0.15) is 5.26 Å². The first-order valence-corrected chi connectivity index (χ1v) is 4.75. The van der Waals surface area contributed by atoms with Gasteiger partial charge in [0.05, 0.1) is 5.56 Å². The van der Waals surface area contributed by atoms with E-state index in [2.05, 4.69) is 6.07 Å². The van der Waals surface area contributed by atoms with Gasteiger partial charge in [0.1, 0.15) is 18.4 Å². The first kappa shape index (κ1) is 10.6. The molecule has 1 rings (SSSR count). The Balaban J connectivity index is 2.59. The molecule has 0 aliphatic heterocycles. The van der Waals surface area contributed by atoms with E-state index in [-0.39, 0.29) is 0 Å². The number of hydrogen-bond acceptors (Lipinski definition) is 2. The van der Waals surface area contributed by atoms with Gasteiger partial charge < -0.3 is 4.74 Å². The molecule has 0 radical (unpaired) electrons. The maximum Gasteiger partial charge on any atom is 0.137 e. The predicted molar refractivity (Wildman–Crippen MR) is 56.5 cm³/mol. The Morgan fingerprint density at radius 2 is 2.14 bits per heavy atom. The van der Waals surface area contributed by atoms with Crippen molar-refractivity contribution in [3.05, 3.63) is 42.0 Å². The molecule has 0 saturated carbocycles. The SMILES string of the molecule is N#Cc1ccccc1OCC=CCCl. The lowest BCUT2D eigenvalue weighted by Crippen LogP contribution is -1.95. The van der Waals surface area contributed by atoms with Crippen LogP contribution in [-0.2, 0) is 0 Å². The van der Waals surface area contributed by atoms with Crippen molar-refractivity contribution in [3.8, 4) is 11.8 Å². The minimum absolute atomic E-state index is 0.436. The third-order valence-electron chi connectivity index (χ3n) is 1.60. The Hall–Kier alpha value is -1.46. The second-order valence-electron chi connectivity index (χ2n) is 2.54. The average Bonchev–Trinajstić information content (AvgIpc) is 2.25. The lowest BCUT2D eigenvalue weighted by molar-refractivity contribution is 0.361. The maximum absolute atomic E-state index is 8.75. The molecule has 0 aromatic heterocycles. The molecule has 0 aliphatic rings. The minimum Gasteiger partial charge on any atom is -0.488 e. The summed E-state index contributed by atoms with van der Waals surface area (Å²) in [6.45, 7) is 0.436. The molecular formula is C11H10ClNO. The summed E-state index contributed by atoms with van der Waals surface area (Å²) in [6, 6.07) is 9.20. The van der Waals surface area contributed by atoms with E-state index in [0.717, 1.165) is 0 Å². The number of rotatable bonds is 4. The van der Waals surface area contributed by atoms with Crippen LogP contribution < -0.4 is 4.74 Å². The van der Waals surface area contributed by atoms with Gasteiger partial charge in [-0.05, 0) is 12.1 Å². The summed E-state index contributed by atoms with van der Waals surface area (Å²) in [5, 5.41) is 8.75. The molecule has 3 heteroatoms. The number of nitriles is 1. The lowest BCUT2D eigenvalue weighted by atomic mass is 10.2. The highest BCUT2D eigenvalue weighted by atomic mass is 35.5. The quantitative estimate of drug-likeness (QED) is 0.562. The molecule has 0 bridgehead atoms. The van der Waals surface area contributed by atoms with Crippen molar-refractivity contribution in [2.75, 3.05) is 12.5 Å². The zero-order chi connectivity index (χ0) is 10.2. The number of halogens is 1. The topological polar surface area (TPSA) is 33.0 Å². The van der Waals surface area contributed by atoms with Gasteiger partial charge >= 0.3 is 0 Å². The van der Waals surface area contributed by atoms with Crippen LogP contribution in [0.25, 0.3) is 0 Å². The van der Waals surface area contributed by atoms with Crippen molar-refractivity contribution in [1.29, 1.82) is 5.26 Å². The van der Waals surface area contributed by atoms with Crippen molar-refractivity contribution < 1.29 is 4.74 Å². The highest BCUT2D eigenvalue weighted by Gasteiger charge is 1.98. The minimum atomic E-state index is 0.436. The highest BCUT2D eigenvalue weighted by Crippen LogP contribution is 2.16. The maximum atomic E-state index is 8.75. The zero-order valence-electron chi connectivity index (χ0n) is 7.61. The van der Waals surface area contributed by atoms with E-state index in [1.54, 1.807) is 24.3 Å². The first-order valence-electron chi connectivity index (χ1n) is 4.21. The van der Waals surface area contributed by atoms with Gasteiger partial charge in [0, 0.05) is 5.88 Å². The molecule has 0 spiro atoms. The van der Waals surface area contributed by atoms with Gasteiger partial charge in [-0.15, -0.1) is 11.6 Å². The molecule has 72 valence electrons. The Labute approximate surface area is 88.4 Å². The molecule has 1 aromatic rings. The number of hydrogen-bond donors (Lipinski definition) is 0. The van der Waals surface area contributed by atoms with E-state index in [1.165, 1.54) is 0 Å². The average molecular weight is 208 g/mol. The Morgan fingerprint density at radius 1 is 1.36 bits per heavy atom. The Kier molecular flexibility index (Phi) is 4.60. The number of allylic oxidation sites excluding steroid dienone is 1. The smallest absolute Gasteiger partial charge is 0.137 e. The normalized spacial score (nSPS) is 10.0. The van der Waals surface area contributed by atoms with E-state index < -0.39 is 0 Å². The fourth-order valence-electron chi connectivity index (χ4n) is 0.954. The van der Waals surface area contributed by atoms with E-state index in [4.69, 9.17) is 21.6 Å². The molecule has 0 amide bonds. The largest absolute Gasteiger partial charge is 0.488 e. The van der Waals surface area contributed by atoms with Gasteiger partial charge in [-0.1, -0.05) is 24.3 Å². The van der Waals surface area contributed by atoms with Crippen LogP contribution in [0.15, 0.2) is 36.4 Å². The van der Waals surface area contributed by atoms with Crippen LogP contribution in [0.5, 0.6) is 5.75 Å². The summed E-state index contributed by atoms with van der Waals surface area (Å²) < 4.78 is 5.36. The third kappa shape index (κ3) is 3.12. The summed E-state index contributed by atoms with van der Waals surface area (Å²) in [4.78, 5) is 0. The molecule has 2 nitrogen and oxygen atoms in total. The number of ether oxygens (including phenoxy) is 1. The van der Waals surface area contributed by atoms with E-state index in [0.29, 0.717) is 23.8 Å². The standard InChI is InChI=1S/C11H10ClNO/c12-7-3-4-8-14-11-6-2-1-5-10(11)9-13/h1-6H,7-8H2. The van der Waals surface area contributed by atoms with Crippen molar-refractivity contribution in [2.45, 2.75) is 0 Å². The van der Waals surface area contributed by atoms with Crippen molar-refractivity contribution in [3.63, 3.8) is 0 Å². The molecule has 0 heterocycles. The van der Waals surface area contributed by atoms with Crippen LogP contribution in [0.1, 0.15) is 5.56 Å². The number of alkyl halides is 1. The monoisotopic (exact) mass is 207 g/mol. The van der Waals surface area contributed by atoms with E-state index >= 15 is 0 Å². The molecule has 14 heavy (non-hydrogen) atoms. The Bertz CT molecular complexity index is 355. The van der Waals surface area contributed by atoms with Gasteiger partial charge in [-0.3, -0.25) is 0 Å². The zero-order valence-corrected chi connectivity index (χ0v) is 8.37. The Morgan fingerprint density at radius 3 is 2.86 bits per heavy atom. The molecular weight excluding hydrogens is 198 g/mol. The van der Waals surface area contributed by atoms with E-state index in [1.807, 2.05) is 12.1 Å². The van der Waals surface area contributed by atoms with Crippen molar-refractivity contribution >= 4 is 11.6 Å². The molecule has 0 aliphatic carbocycles. The van der Waals surface area contributed by atoms with Crippen molar-refractivity contribution in [2.24, 2.45) is 0 Å². The third-order valence-corrected chi connectivity index (χ3v) is 1.78. The number of para-hydroxylation sites is 1. The van der Waals surface area contributed by atoms with Gasteiger partial charge in [-0.25, -0.2) is 0 Å². The summed E-state index contributed by atoms with van der Waals surface area (Å²) in [5.41, 5.74) is 0.548. The first-order chi connectivity index (χ1) is 6.88. The van der Waals surface area contributed by atoms with Crippen LogP contribution in [0.4, 0.5) is 0 Å². The summed E-state index contributed by atoms with van der Waals surface area (Å²) in [6.07, 6.45) is 3.62. The molecule has 0 saturated heterocycles. The van der Waals surface area contributed by atoms with E-state index in [9.17, 15) is 0 Å². The van der Waals surface area contributed by atoms with Gasteiger partial charge in [0.2, 0.25) is 0 Å². The van der Waals surface area contributed by atoms with Crippen LogP contribution in [-0.4, -0.2) is 12.5 Å². The van der Waals surface area contributed by atoms with Gasteiger partial charge in [0.25, 0.3) is 0 Å². The fraction of sp³-hybridized carbons (Fsp3) is 0.182. The molecule has 1 aromatic carbocycles. The van der Waals surface area contributed by atoms with Gasteiger partial charge in [0.15, 0.2) is 0 Å². The summed E-state index contributed by atoms with van der Waals surface area (Å²) >= 11 is 5.45. The highest BCUT2D eigenvalue weighted by molar-refractivity contribution is 6.18. The van der Waals surface area contributed by atoms with Crippen LogP contribution in [0, 0.1) is 11.3 Å². The summed E-state index contributed by atoms with van der Waals surface area (Å²) in [5.74, 6) is 1.08. The molecule has 0 atom stereocenters. The van der Waals surface area contributed by atoms with Crippen LogP contribution >= 0.6 is 11.6 Å². The lowest BCUT2D eigenvalue weighted by Gasteiger charge is -2.03. The van der Waals surface area contributed by atoms with Crippen LogP contribution in [0.2, 0.25) is 0 Å². The summed E-state index contributed by atoms with van der Waals surface area (Å²) in [7, 11) is 0. The molecule has 0 fully saturated rings. The second-order valence-corrected chi connectivity index (χ2v) is 2.85. The number of benzene rings is 1. The molecule has 0 unspecified atom stereocenters. The van der Waals surface area contributed by atoms with Crippen molar-refractivity contribution in [1.82, 2.24) is 0 Å². The predicted octanol–water partition coefficient (Wildman–Crippen LogP) is 2.73.